The Labute approximate surface area is 124 Å². The van der Waals surface area contributed by atoms with Crippen LogP contribution < -0.4 is 5.73 Å². The van der Waals surface area contributed by atoms with Gasteiger partial charge in [0.2, 0.25) is 0 Å². The normalized spacial score (nSPS) is 10.5. The molecule has 0 aliphatic rings. The smallest absolute Gasteiger partial charge is 0.307 e. The maximum absolute atomic E-state index is 12.5. The number of rotatable bonds is 6. The molecule has 0 saturated carbocycles. The van der Waals surface area contributed by atoms with Crippen LogP contribution in [0.2, 0.25) is 0 Å². The minimum Gasteiger partial charge on any atom is -0.506 e. The standard InChI is InChI=1S/C15H22N2O4/c1-10(2)9-17(7-6-14(19)21-3)15(20)11-4-5-12(16)13(18)8-11/h4-5,8,10,18H,6-7,9,16H2,1-3H3. The van der Waals surface area contributed by atoms with Gasteiger partial charge in [-0.05, 0) is 24.1 Å². The second-order valence-corrected chi connectivity index (χ2v) is 5.24. The number of hydrogen-bond acceptors (Lipinski definition) is 5. The average Bonchev–Trinajstić information content (AvgIpc) is 2.44. The summed E-state index contributed by atoms with van der Waals surface area (Å²) in [6, 6.07) is 4.38. The lowest BCUT2D eigenvalue weighted by atomic mass is 10.1. The maximum atomic E-state index is 12.5. The summed E-state index contributed by atoms with van der Waals surface area (Å²) < 4.78 is 4.59. The van der Waals surface area contributed by atoms with Gasteiger partial charge in [-0.15, -0.1) is 0 Å². The van der Waals surface area contributed by atoms with E-state index in [0.717, 1.165) is 0 Å². The van der Waals surface area contributed by atoms with E-state index >= 15 is 0 Å². The number of amides is 1. The molecule has 0 unspecified atom stereocenters. The van der Waals surface area contributed by atoms with E-state index in [-0.39, 0.29) is 42.2 Å². The Morgan fingerprint density at radius 2 is 2.05 bits per heavy atom. The van der Waals surface area contributed by atoms with Gasteiger partial charge >= 0.3 is 5.97 Å². The van der Waals surface area contributed by atoms with Gasteiger partial charge in [0, 0.05) is 18.7 Å². The third-order valence-corrected chi connectivity index (χ3v) is 2.96. The first-order valence-electron chi connectivity index (χ1n) is 6.79. The number of carbonyl (C=O) groups is 2. The molecule has 0 spiro atoms. The molecule has 116 valence electrons. The highest BCUT2D eigenvalue weighted by Crippen LogP contribution is 2.22. The van der Waals surface area contributed by atoms with Crippen LogP contribution >= 0.6 is 0 Å². The third-order valence-electron chi connectivity index (χ3n) is 2.96. The molecule has 0 heterocycles. The van der Waals surface area contributed by atoms with Gasteiger partial charge in [-0.25, -0.2) is 0 Å². The molecule has 6 heteroatoms. The second kappa shape index (κ2) is 7.52. The Morgan fingerprint density at radius 1 is 1.38 bits per heavy atom. The van der Waals surface area contributed by atoms with Crippen LogP contribution in [0, 0.1) is 5.92 Å². The van der Waals surface area contributed by atoms with Crippen LogP contribution in [0.4, 0.5) is 5.69 Å². The fourth-order valence-corrected chi connectivity index (χ4v) is 1.90. The van der Waals surface area contributed by atoms with E-state index in [1.165, 1.54) is 19.2 Å². The molecule has 1 aromatic carbocycles. The average molecular weight is 294 g/mol. The van der Waals surface area contributed by atoms with Gasteiger partial charge in [0.25, 0.3) is 5.91 Å². The molecule has 0 bridgehead atoms. The molecule has 0 atom stereocenters. The Bertz CT molecular complexity index is 514. The van der Waals surface area contributed by atoms with Gasteiger partial charge in [-0.3, -0.25) is 9.59 Å². The van der Waals surface area contributed by atoms with Crippen molar-refractivity contribution in [3.8, 4) is 5.75 Å². The van der Waals surface area contributed by atoms with Crippen molar-refractivity contribution in [3.05, 3.63) is 23.8 Å². The highest BCUT2D eigenvalue weighted by Gasteiger charge is 2.19. The molecule has 1 amide bonds. The van der Waals surface area contributed by atoms with Crippen LogP contribution in [0.15, 0.2) is 18.2 Å². The number of phenolic OH excluding ortho intramolecular Hbond substituents is 1. The van der Waals surface area contributed by atoms with Gasteiger partial charge in [-0.1, -0.05) is 13.8 Å². The molecule has 0 fully saturated rings. The predicted molar refractivity (Wildman–Crippen MR) is 79.9 cm³/mol. The number of anilines is 1. The highest BCUT2D eigenvalue weighted by molar-refractivity contribution is 5.95. The molecule has 0 aliphatic heterocycles. The van der Waals surface area contributed by atoms with Crippen LogP contribution in [0.5, 0.6) is 5.75 Å². The summed E-state index contributed by atoms with van der Waals surface area (Å²) in [6.45, 7) is 4.76. The van der Waals surface area contributed by atoms with Crippen molar-refractivity contribution < 1.29 is 19.4 Å². The Balaban J connectivity index is 2.87. The fourth-order valence-electron chi connectivity index (χ4n) is 1.90. The zero-order chi connectivity index (χ0) is 16.0. The Morgan fingerprint density at radius 3 is 2.57 bits per heavy atom. The summed E-state index contributed by atoms with van der Waals surface area (Å²) in [5.41, 5.74) is 6.09. The van der Waals surface area contributed by atoms with E-state index in [2.05, 4.69) is 4.74 Å². The fraction of sp³-hybridized carbons (Fsp3) is 0.467. The van der Waals surface area contributed by atoms with Gasteiger partial charge < -0.3 is 20.5 Å². The molecular formula is C15H22N2O4. The van der Waals surface area contributed by atoms with E-state index in [4.69, 9.17) is 5.73 Å². The summed E-state index contributed by atoms with van der Waals surface area (Å²) in [7, 11) is 1.31. The summed E-state index contributed by atoms with van der Waals surface area (Å²) in [6.07, 6.45) is 0.135. The van der Waals surface area contributed by atoms with Crippen molar-refractivity contribution in [1.82, 2.24) is 4.90 Å². The van der Waals surface area contributed by atoms with Crippen LogP contribution in [0.1, 0.15) is 30.6 Å². The number of hydrogen-bond donors (Lipinski definition) is 2. The van der Waals surface area contributed by atoms with Crippen molar-refractivity contribution in [2.75, 3.05) is 25.9 Å². The van der Waals surface area contributed by atoms with E-state index in [0.29, 0.717) is 12.1 Å². The number of benzene rings is 1. The van der Waals surface area contributed by atoms with Crippen molar-refractivity contribution in [2.24, 2.45) is 5.92 Å². The first kappa shape index (κ1) is 16.8. The number of aromatic hydroxyl groups is 1. The third kappa shape index (κ3) is 4.98. The lowest BCUT2D eigenvalue weighted by Crippen LogP contribution is -2.36. The van der Waals surface area contributed by atoms with Gasteiger partial charge in [-0.2, -0.15) is 0 Å². The van der Waals surface area contributed by atoms with Crippen LogP contribution in [0.25, 0.3) is 0 Å². The minimum atomic E-state index is -0.364. The zero-order valence-corrected chi connectivity index (χ0v) is 12.6. The van der Waals surface area contributed by atoms with Crippen molar-refractivity contribution in [1.29, 1.82) is 0 Å². The largest absolute Gasteiger partial charge is 0.506 e. The molecule has 0 saturated heterocycles. The summed E-state index contributed by atoms with van der Waals surface area (Å²) in [5.74, 6) is -0.480. The van der Waals surface area contributed by atoms with E-state index < -0.39 is 0 Å². The molecule has 0 aliphatic carbocycles. The number of esters is 1. The quantitative estimate of drug-likeness (QED) is 0.472. The van der Waals surface area contributed by atoms with Gasteiger partial charge in [0.15, 0.2) is 0 Å². The number of nitrogens with two attached hydrogens (primary N) is 1. The molecule has 6 nitrogen and oxygen atoms in total. The molecule has 1 aromatic rings. The molecule has 3 N–H and O–H groups in total. The number of methoxy groups -OCH3 is 1. The lowest BCUT2D eigenvalue weighted by Gasteiger charge is -2.24. The first-order chi connectivity index (χ1) is 9.85. The first-order valence-corrected chi connectivity index (χ1v) is 6.79. The Hall–Kier alpha value is -2.24. The number of ether oxygens (including phenoxy) is 1. The number of nitrogens with zero attached hydrogens (tertiary/aromatic N) is 1. The number of carbonyl (C=O) groups excluding carboxylic acids is 2. The molecular weight excluding hydrogens is 272 g/mol. The predicted octanol–water partition coefficient (Wildman–Crippen LogP) is 1.64. The number of phenols is 1. The molecule has 0 aromatic heterocycles. The minimum absolute atomic E-state index is 0.127. The van der Waals surface area contributed by atoms with Crippen LogP contribution in [0.3, 0.4) is 0 Å². The van der Waals surface area contributed by atoms with Gasteiger partial charge in [0.05, 0.1) is 19.2 Å². The molecule has 21 heavy (non-hydrogen) atoms. The number of nitrogen functional groups attached to an aromatic ring is 1. The lowest BCUT2D eigenvalue weighted by molar-refractivity contribution is -0.140. The molecule has 1 rings (SSSR count). The van der Waals surface area contributed by atoms with Crippen molar-refractivity contribution in [2.45, 2.75) is 20.3 Å². The highest BCUT2D eigenvalue weighted by atomic mass is 16.5. The van der Waals surface area contributed by atoms with Crippen LogP contribution in [-0.4, -0.2) is 42.1 Å². The summed E-state index contributed by atoms with van der Waals surface area (Å²) in [4.78, 5) is 25.3. The summed E-state index contributed by atoms with van der Waals surface area (Å²) in [5, 5.41) is 9.60. The zero-order valence-electron chi connectivity index (χ0n) is 12.6. The van der Waals surface area contributed by atoms with Gasteiger partial charge in [0.1, 0.15) is 5.75 Å². The van der Waals surface area contributed by atoms with E-state index in [1.807, 2.05) is 13.8 Å². The van der Waals surface area contributed by atoms with E-state index in [9.17, 15) is 14.7 Å². The van der Waals surface area contributed by atoms with E-state index in [1.54, 1.807) is 11.0 Å². The second-order valence-electron chi connectivity index (χ2n) is 5.24. The monoisotopic (exact) mass is 294 g/mol. The van der Waals surface area contributed by atoms with Crippen LogP contribution in [-0.2, 0) is 9.53 Å². The van der Waals surface area contributed by atoms with Crippen molar-refractivity contribution in [3.63, 3.8) is 0 Å². The topological polar surface area (TPSA) is 92.9 Å². The SMILES string of the molecule is COC(=O)CCN(CC(C)C)C(=O)c1ccc(N)c(O)c1. The Kier molecular flexibility index (Phi) is 6.02. The van der Waals surface area contributed by atoms with Crippen molar-refractivity contribution >= 4 is 17.6 Å². The molecule has 0 radical (unpaired) electrons. The maximum Gasteiger partial charge on any atom is 0.307 e. The summed E-state index contributed by atoms with van der Waals surface area (Å²) >= 11 is 0.